The lowest BCUT2D eigenvalue weighted by atomic mass is 9.89. The first kappa shape index (κ1) is 19.2. The Morgan fingerprint density at radius 1 is 1.10 bits per heavy atom. The molecular weight excluding hydrogens is 362 g/mol. The van der Waals surface area contributed by atoms with Gasteiger partial charge < -0.3 is 9.73 Å². The summed E-state index contributed by atoms with van der Waals surface area (Å²) in [5, 5.41) is 3.50. The molecule has 0 aliphatic heterocycles. The Morgan fingerprint density at radius 2 is 1.90 bits per heavy atom. The van der Waals surface area contributed by atoms with E-state index in [2.05, 4.69) is 23.5 Å². The van der Waals surface area contributed by atoms with Crippen LogP contribution in [-0.2, 0) is 17.6 Å². The number of aryl methyl sites for hydroxylation is 3. The summed E-state index contributed by atoms with van der Waals surface area (Å²) in [6, 6.07) is 11.9. The summed E-state index contributed by atoms with van der Waals surface area (Å²) < 4.78 is 5.53. The molecule has 29 heavy (non-hydrogen) atoms. The molecule has 1 amide bonds. The highest BCUT2D eigenvalue weighted by Gasteiger charge is 2.13. The largest absolute Gasteiger partial charge is 0.463 e. The fourth-order valence-electron chi connectivity index (χ4n) is 3.91. The van der Waals surface area contributed by atoms with Gasteiger partial charge in [0, 0.05) is 6.08 Å². The molecule has 0 spiro atoms. The highest BCUT2D eigenvalue weighted by atomic mass is 16.3. The minimum Gasteiger partial charge on any atom is -0.463 e. The van der Waals surface area contributed by atoms with E-state index in [1.165, 1.54) is 42.4 Å². The fraction of sp³-hybridized carbons (Fsp3) is 0.280. The van der Waals surface area contributed by atoms with Crippen molar-refractivity contribution in [2.45, 2.75) is 45.6 Å². The smallest absolute Gasteiger partial charge is 0.244 e. The molecule has 0 fully saturated rings. The van der Waals surface area contributed by atoms with Crippen LogP contribution in [0.1, 0.15) is 53.6 Å². The van der Waals surface area contributed by atoms with Crippen LogP contribution < -0.4 is 10.7 Å². The average Bonchev–Trinajstić information content (AvgIpc) is 2.73. The van der Waals surface area contributed by atoms with Crippen molar-refractivity contribution in [1.82, 2.24) is 5.32 Å². The van der Waals surface area contributed by atoms with E-state index < -0.39 is 0 Å². The van der Waals surface area contributed by atoms with Gasteiger partial charge in [0.25, 0.3) is 0 Å². The van der Waals surface area contributed by atoms with E-state index in [1.807, 2.05) is 19.9 Å². The third-order valence-corrected chi connectivity index (χ3v) is 5.60. The van der Waals surface area contributed by atoms with Crippen molar-refractivity contribution in [1.29, 1.82) is 0 Å². The number of carbonyl (C=O) groups is 1. The second-order valence-corrected chi connectivity index (χ2v) is 7.82. The second-order valence-electron chi connectivity index (χ2n) is 7.82. The summed E-state index contributed by atoms with van der Waals surface area (Å²) in [6.07, 6.45) is 9.05. The van der Waals surface area contributed by atoms with Crippen molar-refractivity contribution in [3.05, 3.63) is 86.8 Å². The first-order valence-corrected chi connectivity index (χ1v) is 10.1. The van der Waals surface area contributed by atoms with Gasteiger partial charge in [-0.1, -0.05) is 29.8 Å². The van der Waals surface area contributed by atoms with Crippen LogP contribution in [0.15, 0.2) is 57.9 Å². The number of fused-ring (bicyclic) bond motifs is 2. The van der Waals surface area contributed by atoms with E-state index in [9.17, 15) is 9.59 Å². The Labute approximate surface area is 170 Å². The van der Waals surface area contributed by atoms with Crippen molar-refractivity contribution in [3.8, 4) is 0 Å². The molecule has 4 nitrogen and oxygen atoms in total. The zero-order valence-electron chi connectivity index (χ0n) is 16.8. The molecule has 0 radical (unpaired) electrons. The molecule has 3 aromatic rings. The molecule has 1 unspecified atom stereocenters. The topological polar surface area (TPSA) is 59.3 Å². The monoisotopic (exact) mass is 387 g/mol. The predicted octanol–water partition coefficient (Wildman–Crippen LogP) is 4.87. The lowest BCUT2D eigenvalue weighted by Crippen LogP contribution is -2.25. The molecule has 1 aliphatic carbocycles. The quantitative estimate of drug-likeness (QED) is 0.650. The van der Waals surface area contributed by atoms with E-state index in [0.29, 0.717) is 16.5 Å². The van der Waals surface area contributed by atoms with E-state index >= 15 is 0 Å². The van der Waals surface area contributed by atoms with Crippen LogP contribution in [0.2, 0.25) is 0 Å². The molecule has 1 aliphatic rings. The van der Waals surface area contributed by atoms with Crippen molar-refractivity contribution in [2.24, 2.45) is 0 Å². The molecular formula is C25H25NO3. The van der Waals surface area contributed by atoms with Crippen molar-refractivity contribution in [2.75, 3.05) is 0 Å². The van der Waals surface area contributed by atoms with Gasteiger partial charge in [-0.2, -0.15) is 0 Å². The standard InChI is InChI=1S/C25H25NO3/c1-16-7-11-23-22(13-16)25(28)21(15-29-23)10-12-24(27)26-17(2)19-9-8-18-5-3-4-6-20(18)14-19/h7-15,17H,3-6H2,1-2H3,(H,26,27)/b12-10+. The number of carbonyl (C=O) groups excluding carboxylic acids is 1. The summed E-state index contributed by atoms with van der Waals surface area (Å²) in [6.45, 7) is 3.90. The van der Waals surface area contributed by atoms with Gasteiger partial charge in [-0.3, -0.25) is 9.59 Å². The van der Waals surface area contributed by atoms with Crippen LogP contribution in [0.25, 0.3) is 17.0 Å². The summed E-state index contributed by atoms with van der Waals surface area (Å²) >= 11 is 0. The van der Waals surface area contributed by atoms with Crippen LogP contribution in [0.4, 0.5) is 0 Å². The van der Waals surface area contributed by atoms with Crippen LogP contribution in [0.3, 0.4) is 0 Å². The van der Waals surface area contributed by atoms with Crippen molar-refractivity contribution in [3.63, 3.8) is 0 Å². The predicted molar refractivity (Wildman–Crippen MR) is 116 cm³/mol. The molecule has 0 saturated heterocycles. The molecule has 0 saturated carbocycles. The minimum absolute atomic E-state index is 0.102. The van der Waals surface area contributed by atoms with Crippen molar-refractivity contribution >= 4 is 23.0 Å². The molecule has 2 aromatic carbocycles. The van der Waals surface area contributed by atoms with E-state index in [-0.39, 0.29) is 17.4 Å². The van der Waals surface area contributed by atoms with Gasteiger partial charge in [0.15, 0.2) is 5.43 Å². The molecule has 4 rings (SSSR count). The van der Waals surface area contributed by atoms with Gasteiger partial charge in [-0.25, -0.2) is 0 Å². The van der Waals surface area contributed by atoms with Gasteiger partial charge in [0.1, 0.15) is 11.8 Å². The van der Waals surface area contributed by atoms with Gasteiger partial charge in [-0.15, -0.1) is 0 Å². The molecule has 1 aromatic heterocycles. The molecule has 0 bridgehead atoms. The normalized spacial score (nSPS) is 14.7. The Morgan fingerprint density at radius 3 is 2.72 bits per heavy atom. The summed E-state index contributed by atoms with van der Waals surface area (Å²) in [4.78, 5) is 25.0. The lowest BCUT2D eigenvalue weighted by Gasteiger charge is -2.19. The zero-order valence-corrected chi connectivity index (χ0v) is 16.8. The first-order valence-electron chi connectivity index (χ1n) is 10.1. The highest BCUT2D eigenvalue weighted by Crippen LogP contribution is 2.24. The summed E-state index contributed by atoms with van der Waals surface area (Å²) in [5.74, 6) is -0.237. The number of benzene rings is 2. The van der Waals surface area contributed by atoms with Crippen LogP contribution >= 0.6 is 0 Å². The minimum atomic E-state index is -0.237. The van der Waals surface area contributed by atoms with Crippen LogP contribution in [0.5, 0.6) is 0 Å². The van der Waals surface area contributed by atoms with Gasteiger partial charge in [0.05, 0.1) is 17.0 Å². The Balaban J connectivity index is 1.48. The number of hydrogen-bond acceptors (Lipinski definition) is 3. The van der Waals surface area contributed by atoms with Crippen LogP contribution in [-0.4, -0.2) is 5.91 Å². The maximum atomic E-state index is 12.6. The van der Waals surface area contributed by atoms with E-state index in [1.54, 1.807) is 12.1 Å². The summed E-state index contributed by atoms with van der Waals surface area (Å²) in [5.41, 5.74) is 5.69. The average molecular weight is 387 g/mol. The van der Waals surface area contributed by atoms with Crippen molar-refractivity contribution < 1.29 is 9.21 Å². The number of nitrogens with one attached hydrogen (secondary N) is 1. The molecule has 1 N–H and O–H groups in total. The molecule has 148 valence electrons. The molecule has 1 atom stereocenters. The zero-order chi connectivity index (χ0) is 20.4. The lowest BCUT2D eigenvalue weighted by molar-refractivity contribution is -0.117. The van der Waals surface area contributed by atoms with E-state index in [4.69, 9.17) is 4.42 Å². The Kier molecular flexibility index (Phi) is 5.34. The number of amides is 1. The number of hydrogen-bond donors (Lipinski definition) is 1. The third-order valence-electron chi connectivity index (χ3n) is 5.60. The maximum Gasteiger partial charge on any atom is 0.244 e. The van der Waals surface area contributed by atoms with Gasteiger partial charge in [-0.05, 0) is 74.4 Å². The van der Waals surface area contributed by atoms with Gasteiger partial charge in [0.2, 0.25) is 5.91 Å². The summed E-state index contributed by atoms with van der Waals surface area (Å²) in [7, 11) is 0. The second kappa shape index (κ2) is 8.08. The SMILES string of the molecule is Cc1ccc2occ(/C=C/C(=O)NC(C)c3ccc4c(c3)CCCC4)c(=O)c2c1. The first-order chi connectivity index (χ1) is 14.0. The Hall–Kier alpha value is -3.14. The number of rotatable bonds is 4. The maximum absolute atomic E-state index is 12.6. The fourth-order valence-corrected chi connectivity index (χ4v) is 3.91. The third kappa shape index (κ3) is 4.16. The molecule has 1 heterocycles. The highest BCUT2D eigenvalue weighted by molar-refractivity contribution is 5.92. The van der Waals surface area contributed by atoms with E-state index in [0.717, 1.165) is 24.0 Å². The molecule has 4 heteroatoms. The Bertz CT molecular complexity index is 1160. The van der Waals surface area contributed by atoms with Crippen LogP contribution in [0, 0.1) is 6.92 Å². The van der Waals surface area contributed by atoms with Gasteiger partial charge >= 0.3 is 0 Å².